The lowest BCUT2D eigenvalue weighted by Crippen LogP contribution is -2.28. The number of fused-ring (bicyclic) bond motifs is 1. The van der Waals surface area contributed by atoms with Crippen molar-refractivity contribution in [2.75, 3.05) is 20.2 Å². The lowest BCUT2D eigenvalue weighted by atomic mass is 10.0. The van der Waals surface area contributed by atoms with Gasteiger partial charge in [-0.25, -0.2) is 4.98 Å². The number of para-hydroxylation sites is 1. The van der Waals surface area contributed by atoms with Crippen LogP contribution < -0.4 is 4.74 Å². The van der Waals surface area contributed by atoms with Gasteiger partial charge in [0.15, 0.2) is 0 Å². The van der Waals surface area contributed by atoms with Gasteiger partial charge in [0.05, 0.1) is 23.9 Å². The molecule has 5 heteroatoms. The number of nitrogens with zero attached hydrogens (tertiary/aromatic N) is 3. The minimum Gasteiger partial charge on any atom is -0.496 e. The fourth-order valence-electron chi connectivity index (χ4n) is 3.68. The van der Waals surface area contributed by atoms with E-state index in [0.29, 0.717) is 17.9 Å². The van der Waals surface area contributed by atoms with E-state index < -0.39 is 0 Å². The number of pyridine rings is 1. The molecule has 0 saturated carbocycles. The second kappa shape index (κ2) is 6.24. The Bertz CT molecular complexity index is 932. The molecule has 1 fully saturated rings. The SMILES string of the molecule is COc1ccccc1C(=O)N1CCC(c2nc(C)n3ccccc23)C1. The molecule has 3 heterocycles. The predicted molar refractivity (Wildman–Crippen MR) is 96.2 cm³/mol. The molecule has 0 radical (unpaired) electrons. The van der Waals surface area contributed by atoms with Gasteiger partial charge in [-0.2, -0.15) is 0 Å². The monoisotopic (exact) mass is 335 g/mol. The highest BCUT2D eigenvalue weighted by molar-refractivity contribution is 5.97. The molecule has 1 aliphatic rings. The maximum Gasteiger partial charge on any atom is 0.257 e. The van der Waals surface area contributed by atoms with E-state index in [4.69, 9.17) is 9.72 Å². The molecule has 0 bridgehead atoms. The largest absolute Gasteiger partial charge is 0.496 e. The summed E-state index contributed by atoms with van der Waals surface area (Å²) in [6, 6.07) is 13.5. The molecular weight excluding hydrogens is 314 g/mol. The Morgan fingerprint density at radius 2 is 2.00 bits per heavy atom. The third kappa shape index (κ3) is 2.65. The quantitative estimate of drug-likeness (QED) is 0.738. The van der Waals surface area contributed by atoms with Crippen molar-refractivity contribution in [1.29, 1.82) is 0 Å². The van der Waals surface area contributed by atoms with Crippen LogP contribution in [0, 0.1) is 6.92 Å². The molecule has 1 aromatic carbocycles. The fraction of sp³-hybridized carbons (Fsp3) is 0.300. The highest BCUT2D eigenvalue weighted by Gasteiger charge is 2.31. The summed E-state index contributed by atoms with van der Waals surface area (Å²) in [7, 11) is 1.60. The minimum absolute atomic E-state index is 0.0280. The first-order chi connectivity index (χ1) is 12.2. The van der Waals surface area contributed by atoms with Crippen LogP contribution in [0.5, 0.6) is 5.75 Å². The number of amides is 1. The fourth-order valence-corrected chi connectivity index (χ4v) is 3.68. The van der Waals surface area contributed by atoms with Crippen molar-refractivity contribution < 1.29 is 9.53 Å². The second-order valence-corrected chi connectivity index (χ2v) is 6.44. The van der Waals surface area contributed by atoms with Gasteiger partial charge >= 0.3 is 0 Å². The molecule has 0 spiro atoms. The number of hydrogen-bond donors (Lipinski definition) is 0. The van der Waals surface area contributed by atoms with Crippen LogP contribution in [0.15, 0.2) is 48.7 Å². The maximum atomic E-state index is 12.9. The number of aryl methyl sites for hydroxylation is 1. The van der Waals surface area contributed by atoms with Crippen molar-refractivity contribution in [2.45, 2.75) is 19.3 Å². The molecule has 1 aliphatic heterocycles. The molecular formula is C20H21N3O2. The van der Waals surface area contributed by atoms with Crippen LogP contribution in [0.3, 0.4) is 0 Å². The van der Waals surface area contributed by atoms with Gasteiger partial charge in [0.1, 0.15) is 11.6 Å². The summed E-state index contributed by atoms with van der Waals surface area (Å²) in [4.78, 5) is 19.6. The molecule has 25 heavy (non-hydrogen) atoms. The lowest BCUT2D eigenvalue weighted by Gasteiger charge is -2.18. The Morgan fingerprint density at radius 3 is 2.84 bits per heavy atom. The summed E-state index contributed by atoms with van der Waals surface area (Å²) in [5.41, 5.74) is 2.85. The van der Waals surface area contributed by atoms with E-state index in [9.17, 15) is 4.79 Å². The first-order valence-corrected chi connectivity index (χ1v) is 8.55. The Hall–Kier alpha value is -2.82. The molecule has 3 aromatic rings. The number of hydrogen-bond acceptors (Lipinski definition) is 3. The summed E-state index contributed by atoms with van der Waals surface area (Å²) in [5, 5.41) is 0. The van der Waals surface area contributed by atoms with E-state index in [1.165, 1.54) is 0 Å². The molecule has 5 nitrogen and oxygen atoms in total. The zero-order chi connectivity index (χ0) is 17.4. The van der Waals surface area contributed by atoms with Gasteiger partial charge in [-0.15, -0.1) is 0 Å². The Morgan fingerprint density at radius 1 is 1.20 bits per heavy atom. The third-order valence-electron chi connectivity index (χ3n) is 4.95. The minimum atomic E-state index is 0.0280. The molecule has 1 atom stereocenters. The van der Waals surface area contributed by atoms with Gasteiger partial charge in [0.2, 0.25) is 0 Å². The van der Waals surface area contributed by atoms with Crippen LogP contribution in [0.25, 0.3) is 5.52 Å². The number of ether oxygens (including phenoxy) is 1. The standard InChI is InChI=1S/C20H21N3O2/c1-14-21-19(17-8-5-6-11-23(14)17)15-10-12-22(13-15)20(24)16-7-3-4-9-18(16)25-2/h3-9,11,15H,10,12-13H2,1-2H3. The first-order valence-electron chi connectivity index (χ1n) is 8.55. The normalized spacial score (nSPS) is 17.2. The van der Waals surface area contributed by atoms with Crippen LogP contribution in [0.1, 0.15) is 34.2 Å². The molecule has 2 aromatic heterocycles. The summed E-state index contributed by atoms with van der Waals surface area (Å²) >= 11 is 0. The van der Waals surface area contributed by atoms with Crippen LogP contribution >= 0.6 is 0 Å². The number of imidazole rings is 1. The molecule has 0 aliphatic carbocycles. The van der Waals surface area contributed by atoms with Gasteiger partial charge in [-0.05, 0) is 37.6 Å². The second-order valence-electron chi connectivity index (χ2n) is 6.44. The van der Waals surface area contributed by atoms with E-state index in [1.54, 1.807) is 7.11 Å². The van der Waals surface area contributed by atoms with Gasteiger partial charge in [-0.1, -0.05) is 18.2 Å². The number of aromatic nitrogens is 2. The predicted octanol–water partition coefficient (Wildman–Crippen LogP) is 3.28. The van der Waals surface area contributed by atoms with E-state index in [1.807, 2.05) is 54.4 Å². The molecule has 1 amide bonds. The summed E-state index contributed by atoms with van der Waals surface area (Å²) in [6.45, 7) is 3.45. The van der Waals surface area contributed by atoms with Crippen molar-refractivity contribution in [2.24, 2.45) is 0 Å². The van der Waals surface area contributed by atoms with Gasteiger partial charge < -0.3 is 14.0 Å². The zero-order valence-corrected chi connectivity index (χ0v) is 14.5. The Kier molecular flexibility index (Phi) is 3.92. The van der Waals surface area contributed by atoms with Crippen molar-refractivity contribution in [3.8, 4) is 5.75 Å². The summed E-state index contributed by atoms with van der Waals surface area (Å²) < 4.78 is 7.45. The highest BCUT2D eigenvalue weighted by Crippen LogP contribution is 2.31. The summed E-state index contributed by atoms with van der Waals surface area (Å²) in [6.07, 6.45) is 2.97. The van der Waals surface area contributed by atoms with E-state index in [-0.39, 0.29) is 11.8 Å². The van der Waals surface area contributed by atoms with E-state index in [2.05, 4.69) is 10.5 Å². The van der Waals surface area contributed by atoms with Gasteiger partial charge in [-0.3, -0.25) is 4.79 Å². The van der Waals surface area contributed by atoms with Gasteiger partial charge in [0.25, 0.3) is 5.91 Å². The van der Waals surface area contributed by atoms with Crippen LogP contribution in [-0.2, 0) is 0 Å². The zero-order valence-electron chi connectivity index (χ0n) is 14.5. The lowest BCUT2D eigenvalue weighted by molar-refractivity contribution is 0.0787. The molecule has 1 saturated heterocycles. The van der Waals surface area contributed by atoms with E-state index in [0.717, 1.165) is 30.0 Å². The Balaban J connectivity index is 1.60. The molecule has 1 unspecified atom stereocenters. The number of benzene rings is 1. The van der Waals surface area contributed by atoms with Gasteiger partial charge in [0, 0.05) is 25.2 Å². The average molecular weight is 335 g/mol. The summed E-state index contributed by atoms with van der Waals surface area (Å²) in [5.74, 6) is 1.91. The molecule has 128 valence electrons. The number of carbonyl (C=O) groups is 1. The van der Waals surface area contributed by atoms with Crippen molar-refractivity contribution in [3.05, 3.63) is 65.7 Å². The van der Waals surface area contributed by atoms with Crippen LogP contribution in [0.4, 0.5) is 0 Å². The maximum absolute atomic E-state index is 12.9. The molecule has 0 N–H and O–H groups in total. The number of methoxy groups -OCH3 is 1. The van der Waals surface area contributed by atoms with Crippen LogP contribution in [-0.4, -0.2) is 40.4 Å². The highest BCUT2D eigenvalue weighted by atomic mass is 16.5. The topological polar surface area (TPSA) is 46.8 Å². The van der Waals surface area contributed by atoms with Crippen LogP contribution in [0.2, 0.25) is 0 Å². The first kappa shape index (κ1) is 15.7. The average Bonchev–Trinajstić information content (AvgIpc) is 3.26. The Labute approximate surface area is 146 Å². The molecule has 4 rings (SSSR count). The smallest absolute Gasteiger partial charge is 0.257 e. The third-order valence-corrected chi connectivity index (χ3v) is 4.95. The van der Waals surface area contributed by atoms with E-state index >= 15 is 0 Å². The number of carbonyl (C=O) groups excluding carboxylic acids is 1. The number of likely N-dealkylation sites (tertiary alicyclic amines) is 1. The van der Waals surface area contributed by atoms with Crippen molar-refractivity contribution >= 4 is 11.4 Å². The van der Waals surface area contributed by atoms with Crippen molar-refractivity contribution in [3.63, 3.8) is 0 Å². The van der Waals surface area contributed by atoms with Crippen molar-refractivity contribution in [1.82, 2.24) is 14.3 Å². The number of rotatable bonds is 3.